The molecule has 1 aromatic rings. The van der Waals surface area contributed by atoms with Gasteiger partial charge in [-0.1, -0.05) is 37.8 Å². The van der Waals surface area contributed by atoms with Gasteiger partial charge in [0.25, 0.3) is 11.8 Å². The molecule has 0 spiro atoms. The van der Waals surface area contributed by atoms with Crippen molar-refractivity contribution in [1.29, 1.82) is 0 Å². The van der Waals surface area contributed by atoms with Crippen molar-refractivity contribution in [3.8, 4) is 0 Å². The van der Waals surface area contributed by atoms with Crippen molar-refractivity contribution in [2.45, 2.75) is 51.1 Å². The second kappa shape index (κ2) is 9.05. The molecule has 0 radical (unpaired) electrons. The van der Waals surface area contributed by atoms with E-state index in [0.717, 1.165) is 22.1 Å². The van der Waals surface area contributed by atoms with E-state index in [4.69, 9.17) is 4.74 Å². The molecule has 0 aromatic heterocycles. The van der Waals surface area contributed by atoms with Crippen molar-refractivity contribution >= 4 is 38.2 Å². The van der Waals surface area contributed by atoms with E-state index in [1.54, 1.807) is 18.2 Å². The number of benzene rings is 1. The summed E-state index contributed by atoms with van der Waals surface area (Å²) in [7, 11) is -1.27. The maximum atomic E-state index is 13.0. The van der Waals surface area contributed by atoms with Gasteiger partial charge in [0, 0.05) is 33.2 Å². The number of nitrogens with zero attached hydrogens (tertiary/aromatic N) is 2. The third-order valence-corrected chi connectivity index (χ3v) is 7.17. The third-order valence-electron chi connectivity index (χ3n) is 5.46. The van der Waals surface area contributed by atoms with E-state index in [-0.39, 0.29) is 37.4 Å². The molecule has 160 valence electrons. The summed E-state index contributed by atoms with van der Waals surface area (Å²) in [5, 5.41) is 0. The van der Waals surface area contributed by atoms with Gasteiger partial charge in [0.2, 0.25) is 5.91 Å². The van der Waals surface area contributed by atoms with Crippen LogP contribution in [0.2, 0.25) is 25.7 Å². The summed E-state index contributed by atoms with van der Waals surface area (Å²) in [5.74, 6) is -0.868. The van der Waals surface area contributed by atoms with Gasteiger partial charge in [0.05, 0.1) is 0 Å². The first-order chi connectivity index (χ1) is 14.2. The smallest absolute Gasteiger partial charge is 0.255 e. The van der Waals surface area contributed by atoms with Crippen LogP contribution in [0.1, 0.15) is 34.3 Å². The van der Waals surface area contributed by atoms with Gasteiger partial charge in [-0.15, -0.1) is 0 Å². The lowest BCUT2D eigenvalue weighted by molar-refractivity contribution is -0.158. The van der Waals surface area contributed by atoms with E-state index in [1.807, 2.05) is 6.07 Å². The van der Waals surface area contributed by atoms with Crippen molar-refractivity contribution in [3.63, 3.8) is 0 Å². The topological polar surface area (TPSA) is 84.0 Å². The first kappa shape index (κ1) is 22.1. The molecular weight excluding hydrogens is 400 g/mol. The van der Waals surface area contributed by atoms with Gasteiger partial charge in [-0.05, 0) is 35.7 Å². The molecule has 2 aliphatic rings. The fourth-order valence-electron chi connectivity index (χ4n) is 3.71. The molecule has 0 aliphatic carbocycles. The van der Waals surface area contributed by atoms with Gasteiger partial charge in [-0.3, -0.25) is 24.1 Å². The average Bonchev–Trinajstić information content (AvgIpc) is 3.02. The number of carbonyl (C=O) groups excluding carboxylic acids is 4. The summed E-state index contributed by atoms with van der Waals surface area (Å²) >= 11 is 0. The molecule has 30 heavy (non-hydrogen) atoms. The van der Waals surface area contributed by atoms with Crippen molar-refractivity contribution < 1.29 is 23.9 Å². The van der Waals surface area contributed by atoms with Gasteiger partial charge < -0.3 is 9.64 Å². The highest BCUT2D eigenvalue weighted by molar-refractivity contribution is 6.76. The highest BCUT2D eigenvalue weighted by Crippen LogP contribution is 2.31. The second-order valence-corrected chi connectivity index (χ2v) is 14.5. The number of likely N-dealkylation sites (tertiary alicyclic amines) is 1. The lowest BCUT2D eigenvalue weighted by Gasteiger charge is -2.35. The minimum atomic E-state index is -1.27. The number of fused-ring (bicyclic) bond motifs is 1. The number of allylic oxidation sites excluding steroid dienone is 1. The Morgan fingerprint density at radius 1 is 1.20 bits per heavy atom. The first-order valence-corrected chi connectivity index (χ1v) is 13.9. The van der Waals surface area contributed by atoms with Crippen LogP contribution in [0.15, 0.2) is 24.3 Å². The van der Waals surface area contributed by atoms with Crippen LogP contribution >= 0.6 is 0 Å². The van der Waals surface area contributed by atoms with E-state index < -0.39 is 14.1 Å². The number of imide groups is 1. The zero-order valence-corrected chi connectivity index (χ0v) is 18.7. The van der Waals surface area contributed by atoms with E-state index in [0.29, 0.717) is 24.9 Å². The van der Waals surface area contributed by atoms with E-state index in [9.17, 15) is 19.2 Å². The number of hydrogen-bond acceptors (Lipinski definition) is 5. The SMILES string of the molecule is C[Si](C)(C)CCOCN1C(=O)CCC(N2Cc3c(/C=C/C=O)cccc3C2=O)C1=O. The number of carbonyl (C=O) groups is 4. The van der Waals surface area contributed by atoms with Gasteiger partial charge in [0.1, 0.15) is 19.1 Å². The maximum absolute atomic E-state index is 13.0. The molecule has 0 N–H and O–H groups in total. The fourth-order valence-corrected chi connectivity index (χ4v) is 4.47. The van der Waals surface area contributed by atoms with E-state index in [1.165, 1.54) is 11.0 Å². The van der Waals surface area contributed by atoms with Gasteiger partial charge in [-0.25, -0.2) is 0 Å². The van der Waals surface area contributed by atoms with E-state index >= 15 is 0 Å². The van der Waals surface area contributed by atoms with Crippen LogP contribution in [0.5, 0.6) is 0 Å². The van der Waals surface area contributed by atoms with Crippen LogP contribution < -0.4 is 0 Å². The van der Waals surface area contributed by atoms with Gasteiger partial charge in [0.15, 0.2) is 0 Å². The Morgan fingerprint density at radius 2 is 1.97 bits per heavy atom. The molecule has 1 atom stereocenters. The molecule has 1 unspecified atom stereocenters. The number of amides is 3. The predicted molar refractivity (Wildman–Crippen MR) is 115 cm³/mol. The molecule has 0 saturated carbocycles. The van der Waals surface area contributed by atoms with E-state index in [2.05, 4.69) is 19.6 Å². The van der Waals surface area contributed by atoms with Crippen molar-refractivity contribution in [1.82, 2.24) is 9.80 Å². The highest BCUT2D eigenvalue weighted by atomic mass is 28.3. The molecule has 7 nitrogen and oxygen atoms in total. The molecule has 1 saturated heterocycles. The maximum Gasteiger partial charge on any atom is 0.255 e. The summed E-state index contributed by atoms with van der Waals surface area (Å²) in [6.07, 6.45) is 4.23. The standard InChI is InChI=1S/C22H28N2O5Si/c1-30(2,3)13-12-29-15-24-20(26)10-9-19(22(24)28)23-14-18-16(7-5-11-25)6-4-8-17(18)21(23)27/h4-8,11,19H,9-10,12-15H2,1-3H3/b7-5+. The minimum absolute atomic E-state index is 0.0685. The third kappa shape index (κ3) is 4.76. The number of piperidine rings is 1. The van der Waals surface area contributed by atoms with Crippen LogP contribution in [0.4, 0.5) is 0 Å². The largest absolute Gasteiger partial charge is 0.361 e. The normalized spacial score (nSPS) is 19.7. The molecule has 8 heteroatoms. The molecule has 0 bridgehead atoms. The summed E-state index contributed by atoms with van der Waals surface area (Å²) in [6.45, 7) is 7.43. The highest BCUT2D eigenvalue weighted by Gasteiger charge is 2.43. The van der Waals surface area contributed by atoms with Crippen LogP contribution in [0, 0.1) is 0 Å². The molecule has 1 fully saturated rings. The van der Waals surface area contributed by atoms with Crippen molar-refractivity contribution in [2.75, 3.05) is 13.3 Å². The zero-order chi connectivity index (χ0) is 21.9. The summed E-state index contributed by atoms with van der Waals surface area (Å²) in [5.41, 5.74) is 2.11. The molecule has 2 aliphatic heterocycles. The molecule has 3 rings (SSSR count). The Morgan fingerprint density at radius 3 is 2.67 bits per heavy atom. The van der Waals surface area contributed by atoms with Gasteiger partial charge in [-0.2, -0.15) is 0 Å². The zero-order valence-electron chi connectivity index (χ0n) is 17.7. The summed E-state index contributed by atoms with van der Waals surface area (Å²) < 4.78 is 5.63. The summed E-state index contributed by atoms with van der Waals surface area (Å²) in [6, 6.07) is 5.58. The van der Waals surface area contributed by atoms with Crippen LogP contribution in [-0.2, 0) is 25.7 Å². The Kier molecular flexibility index (Phi) is 6.67. The Bertz CT molecular complexity index is 890. The number of rotatable bonds is 8. The number of ether oxygens (including phenoxy) is 1. The van der Waals surface area contributed by atoms with Crippen LogP contribution in [0.25, 0.3) is 6.08 Å². The lowest BCUT2D eigenvalue weighted by atomic mass is 10.0. The number of aldehydes is 1. The molecular formula is C22H28N2O5Si. The van der Waals surface area contributed by atoms with Crippen molar-refractivity contribution in [2.24, 2.45) is 0 Å². The average molecular weight is 429 g/mol. The quantitative estimate of drug-likeness (QED) is 0.209. The second-order valence-electron chi connectivity index (χ2n) is 8.86. The van der Waals surface area contributed by atoms with Crippen LogP contribution in [-0.4, -0.2) is 61.3 Å². The Balaban J connectivity index is 1.72. The Hall–Kier alpha value is -2.58. The molecule has 1 aromatic carbocycles. The van der Waals surface area contributed by atoms with Crippen LogP contribution in [0.3, 0.4) is 0 Å². The van der Waals surface area contributed by atoms with Crippen molar-refractivity contribution in [3.05, 3.63) is 41.0 Å². The first-order valence-electron chi connectivity index (χ1n) is 10.2. The summed E-state index contributed by atoms with van der Waals surface area (Å²) in [4.78, 5) is 51.7. The molecule has 2 heterocycles. The Labute approximate surface area is 177 Å². The monoisotopic (exact) mass is 428 g/mol. The predicted octanol–water partition coefficient (Wildman–Crippen LogP) is 2.68. The number of hydrogen-bond donors (Lipinski definition) is 0. The molecule has 3 amide bonds. The fraction of sp³-hybridized carbons (Fsp3) is 0.455. The van der Waals surface area contributed by atoms with Gasteiger partial charge >= 0.3 is 0 Å². The minimum Gasteiger partial charge on any atom is -0.361 e. The lowest BCUT2D eigenvalue weighted by Crippen LogP contribution is -2.55.